The molecule has 2 aromatic heterocycles. The molecule has 0 spiro atoms. The summed E-state index contributed by atoms with van der Waals surface area (Å²) in [5.74, 6) is 0. The lowest BCUT2D eigenvalue weighted by Gasteiger charge is -2.29. The summed E-state index contributed by atoms with van der Waals surface area (Å²) in [6.45, 7) is 13.3. The van der Waals surface area contributed by atoms with Gasteiger partial charge in [0.15, 0.2) is 0 Å². The minimum absolute atomic E-state index is 0.449. The molecule has 0 saturated heterocycles. The van der Waals surface area contributed by atoms with Crippen LogP contribution in [0.3, 0.4) is 0 Å². The Balaban J connectivity index is 0.000000552. The second-order valence-electron chi connectivity index (χ2n) is 17.7. The Hall–Kier alpha value is -7.86. The maximum absolute atomic E-state index is 6.39. The zero-order chi connectivity index (χ0) is 46.9. The molecule has 12 rings (SSSR count). The smallest absolute Gasteiger partial charge is 0.0401 e. The predicted molar refractivity (Wildman–Crippen MR) is 290 cm³/mol. The number of nitrogens with two attached hydrogens (primary N) is 2. The first kappa shape index (κ1) is 44.0. The number of pyridine rings is 2. The fraction of sp³-hybridized carbons (Fsp3) is 0.143. The van der Waals surface area contributed by atoms with Crippen LogP contribution < -0.4 is 16.8 Å². The molecule has 0 amide bonds. The minimum atomic E-state index is 0.449. The van der Waals surface area contributed by atoms with Gasteiger partial charge in [-0.2, -0.15) is 0 Å². The summed E-state index contributed by atoms with van der Waals surface area (Å²) in [6, 6.07) is 31.7. The molecular weight excluding hydrogens is 827 g/mol. The first-order valence-electron chi connectivity index (χ1n) is 23.9. The third-order valence-electron chi connectivity index (χ3n) is 13.7. The van der Waals surface area contributed by atoms with E-state index in [4.69, 9.17) is 16.5 Å². The number of aromatic nitrogens is 2. The van der Waals surface area contributed by atoms with Gasteiger partial charge in [0, 0.05) is 43.4 Å². The van der Waals surface area contributed by atoms with Crippen LogP contribution in [0, 0.1) is 0 Å². The molecular formula is C63H57N5. The number of benzene rings is 5. The third-order valence-corrected chi connectivity index (χ3v) is 13.7. The van der Waals surface area contributed by atoms with Crippen LogP contribution >= 0.6 is 0 Å². The molecule has 0 saturated carbocycles. The van der Waals surface area contributed by atoms with Crippen LogP contribution in [0.15, 0.2) is 177 Å². The summed E-state index contributed by atoms with van der Waals surface area (Å²) in [5.41, 5.74) is 41.0. The van der Waals surface area contributed by atoms with Crippen LogP contribution in [0.25, 0.3) is 94.8 Å². The summed E-state index contributed by atoms with van der Waals surface area (Å²) in [4.78, 5) is 9.24. The largest absolute Gasteiger partial charge is 0.405 e. The summed E-state index contributed by atoms with van der Waals surface area (Å²) < 4.78 is 0. The number of rotatable bonds is 7. The zero-order valence-corrected chi connectivity index (χ0v) is 39.5. The highest BCUT2D eigenvalue weighted by Gasteiger charge is 2.37. The van der Waals surface area contributed by atoms with Gasteiger partial charge in [0.05, 0.1) is 0 Å². The van der Waals surface area contributed by atoms with Gasteiger partial charge in [-0.25, -0.2) is 0 Å². The van der Waals surface area contributed by atoms with E-state index in [-0.39, 0.29) is 0 Å². The molecule has 0 fully saturated rings. The van der Waals surface area contributed by atoms with E-state index < -0.39 is 0 Å². The lowest BCUT2D eigenvalue weighted by Crippen LogP contribution is -2.15. The highest BCUT2D eigenvalue weighted by molar-refractivity contribution is 6.24. The van der Waals surface area contributed by atoms with Crippen LogP contribution in [-0.2, 0) is 12.8 Å². The van der Waals surface area contributed by atoms with Crippen molar-refractivity contribution < 1.29 is 0 Å². The highest BCUT2D eigenvalue weighted by Crippen LogP contribution is 2.60. The maximum Gasteiger partial charge on any atom is 0.0401 e. The summed E-state index contributed by atoms with van der Waals surface area (Å²) in [7, 11) is 0. The number of fused-ring (bicyclic) bond motifs is 10. The van der Waals surface area contributed by atoms with E-state index in [2.05, 4.69) is 139 Å². The quantitative estimate of drug-likeness (QED) is 0.139. The Labute approximate surface area is 401 Å². The number of hydrogen-bond acceptors (Lipinski definition) is 5. The molecule has 3 heterocycles. The first-order chi connectivity index (χ1) is 33.5. The lowest BCUT2D eigenvalue weighted by atomic mass is 9.75. The van der Waals surface area contributed by atoms with Gasteiger partial charge in [0.2, 0.25) is 0 Å². The van der Waals surface area contributed by atoms with E-state index in [1.54, 1.807) is 0 Å². The summed E-state index contributed by atoms with van der Waals surface area (Å²) in [6.07, 6.45) is 31.2. The fourth-order valence-corrected chi connectivity index (χ4v) is 11.1. The Morgan fingerprint density at radius 2 is 1.41 bits per heavy atom. The van der Waals surface area contributed by atoms with Crippen LogP contribution in [0.4, 0.5) is 0 Å². The molecule has 334 valence electrons. The molecule has 5 N–H and O–H groups in total. The van der Waals surface area contributed by atoms with Gasteiger partial charge in [-0.1, -0.05) is 129 Å². The molecule has 0 atom stereocenters. The molecule has 5 heteroatoms. The van der Waals surface area contributed by atoms with E-state index in [1.807, 2.05) is 70.6 Å². The topological polar surface area (TPSA) is 89.8 Å². The van der Waals surface area contributed by atoms with E-state index in [9.17, 15) is 0 Å². The second-order valence-corrected chi connectivity index (χ2v) is 17.7. The maximum atomic E-state index is 6.39. The predicted octanol–water partition coefficient (Wildman–Crippen LogP) is 14.5. The molecule has 0 unspecified atom stereocenters. The van der Waals surface area contributed by atoms with Crippen molar-refractivity contribution in [1.82, 2.24) is 15.3 Å². The Bertz CT molecular complexity index is 3390. The van der Waals surface area contributed by atoms with Gasteiger partial charge in [-0.15, -0.1) is 0 Å². The zero-order valence-electron chi connectivity index (χ0n) is 39.5. The van der Waals surface area contributed by atoms with Crippen molar-refractivity contribution in [3.8, 4) is 55.6 Å². The molecule has 0 radical (unpaired) electrons. The molecule has 5 nitrogen and oxygen atoms in total. The normalized spacial score (nSPS) is 14.2. The standard InChI is InChI=1S/C55H40N4.C6H11N.C2H6/c1-2-9-33(28-56)37-13-3-15-40-41-16-4-17-42-46-27-48-53-39(38(46)21-22-45(51(37)40)52(41)42)14-5-18-44(53)54-50(36-12-8-25-59-31-36)47-26-32(34-10-6-23-57-29-34)19-20-43(47)49(55(48)54)35-11-7-24-58-30-35;1-6(2)4-3-5-7;1-2/h2-18,22-27,29-30,59H,1,19-21,28,31,56H2;3-5H,7H2,1-2H3;1-2H3/b33-9+;5-3-;. The molecule has 5 aromatic carbocycles. The highest BCUT2D eigenvalue weighted by atomic mass is 14.8. The van der Waals surface area contributed by atoms with Gasteiger partial charge in [0.1, 0.15) is 0 Å². The van der Waals surface area contributed by atoms with Gasteiger partial charge in [0.25, 0.3) is 0 Å². The number of nitrogens with one attached hydrogen (secondary N) is 1. The van der Waals surface area contributed by atoms with Crippen LogP contribution in [0.5, 0.6) is 0 Å². The Kier molecular flexibility index (Phi) is 12.2. The van der Waals surface area contributed by atoms with Crippen molar-refractivity contribution in [3.05, 3.63) is 221 Å². The minimum Gasteiger partial charge on any atom is -0.405 e. The molecule has 1 aliphatic heterocycles. The van der Waals surface area contributed by atoms with Crippen molar-refractivity contribution in [3.63, 3.8) is 0 Å². The van der Waals surface area contributed by atoms with Crippen molar-refractivity contribution >= 4 is 39.1 Å². The first-order valence-corrected chi connectivity index (χ1v) is 23.9. The van der Waals surface area contributed by atoms with Gasteiger partial charge >= 0.3 is 0 Å². The average Bonchev–Trinajstić information content (AvgIpc) is 3.83. The van der Waals surface area contributed by atoms with E-state index >= 15 is 0 Å². The molecule has 68 heavy (non-hydrogen) atoms. The molecule has 7 aromatic rings. The third kappa shape index (κ3) is 7.31. The Morgan fingerprint density at radius 1 is 0.706 bits per heavy atom. The van der Waals surface area contributed by atoms with E-state index in [0.29, 0.717) is 6.54 Å². The van der Waals surface area contributed by atoms with Crippen LogP contribution in [0.2, 0.25) is 0 Å². The number of allylic oxidation sites excluding steroid dienone is 9. The number of dihydropyridines is 1. The number of nitrogens with zero attached hydrogens (tertiary/aromatic N) is 2. The van der Waals surface area contributed by atoms with E-state index in [0.717, 1.165) is 36.9 Å². The second kappa shape index (κ2) is 18.8. The van der Waals surface area contributed by atoms with Gasteiger partial charge < -0.3 is 16.8 Å². The molecule has 0 bridgehead atoms. The van der Waals surface area contributed by atoms with Crippen molar-refractivity contribution in [2.75, 3.05) is 13.1 Å². The monoisotopic (exact) mass is 883 g/mol. The van der Waals surface area contributed by atoms with Crippen molar-refractivity contribution in [2.24, 2.45) is 11.5 Å². The molecule has 5 aliphatic rings. The summed E-state index contributed by atoms with van der Waals surface area (Å²) >= 11 is 0. The van der Waals surface area contributed by atoms with Crippen LogP contribution in [0.1, 0.15) is 78.6 Å². The van der Waals surface area contributed by atoms with Crippen molar-refractivity contribution in [1.29, 1.82) is 0 Å². The fourth-order valence-electron chi connectivity index (χ4n) is 11.1. The van der Waals surface area contributed by atoms with Gasteiger partial charge in [-0.3, -0.25) is 9.97 Å². The van der Waals surface area contributed by atoms with E-state index in [1.165, 1.54) is 134 Å². The SMILES string of the molecule is C=C/C=C(\CN)c1cccc2c1C1=CCc3c(cc4c5c(cccc35)-c3c(C5=CC=CNC5)c5c(c(-c6cccnc6)c3-4)CCC(c3cccnc3)=C5)-c3cccc-2c31.CC.CC(C)=C/C=C\N. The Morgan fingerprint density at radius 3 is 2.09 bits per heavy atom. The number of hydrogen-bond donors (Lipinski definition) is 3. The summed E-state index contributed by atoms with van der Waals surface area (Å²) in [5, 5.41) is 6.23. The average molecular weight is 884 g/mol. The lowest BCUT2D eigenvalue weighted by molar-refractivity contribution is 0.977. The molecule has 4 aliphatic carbocycles. The van der Waals surface area contributed by atoms with Crippen molar-refractivity contribution in [2.45, 2.75) is 47.0 Å². The van der Waals surface area contributed by atoms with Crippen LogP contribution in [-0.4, -0.2) is 23.1 Å². The van der Waals surface area contributed by atoms with Gasteiger partial charge in [-0.05, 0) is 204 Å².